The predicted octanol–water partition coefficient (Wildman–Crippen LogP) is 3.62. The number of Topliss-reactive ketones (excluding diaryl/α,β-unsaturated/α-hetero) is 1. The molecule has 1 saturated heterocycles. The molecule has 13 heteroatoms. The Morgan fingerprint density at radius 3 is 2.06 bits per heavy atom. The largest absolute Gasteiger partial charge is 0.444 e. The number of fused-ring (bicyclic) bond motifs is 1. The molecule has 0 bridgehead atoms. The number of piperidine rings is 1. The minimum absolute atomic E-state index is 0.0715. The molecule has 1 aliphatic heterocycles. The lowest BCUT2D eigenvalue weighted by atomic mass is 9.85. The second kappa shape index (κ2) is 14.9. The molecule has 3 aliphatic rings. The third kappa shape index (κ3) is 10.4. The highest BCUT2D eigenvalue weighted by atomic mass is 16.6. The molecular formula is C37H62N6O7. The molecule has 4 N–H and O–H groups in total. The molecule has 0 radical (unpaired) electrons. The molecule has 6 atom stereocenters. The summed E-state index contributed by atoms with van der Waals surface area (Å²) in [6.45, 7) is 25.3. The number of nitrogens with zero attached hydrogens (tertiary/aromatic N) is 2. The number of hydrogen-bond acceptors (Lipinski definition) is 7. The summed E-state index contributed by atoms with van der Waals surface area (Å²) in [5, 5.41) is 11.2. The van der Waals surface area contributed by atoms with Crippen molar-refractivity contribution in [2.24, 2.45) is 34.0 Å². The standard InChI is InChI=1S/C37H62N6O7/c1-14-17-38-30(46)27(44)25(21-15-16-21)40-29(45)26-24-23(37(24,11)12)20-43(26)31(47)28(35(5,6)7)41-32(48)39-22(18-34(2,3)4)19-42(13)33(49)50-36(8,9)10/h14,21-26,28H,1,15-20H2,2-13H3,(H,38,46)(H,40,45)(H2,39,41,48)/t22-,23-,24-,25?,26-,28+/m0/s1. The van der Waals surface area contributed by atoms with Crippen LogP contribution in [-0.4, -0.2) is 102 Å². The van der Waals surface area contributed by atoms with Gasteiger partial charge < -0.3 is 35.8 Å². The van der Waals surface area contributed by atoms with Crippen LogP contribution in [0.2, 0.25) is 0 Å². The first kappa shape index (κ1) is 40.8. The van der Waals surface area contributed by atoms with E-state index in [1.54, 1.807) is 32.7 Å². The maximum Gasteiger partial charge on any atom is 0.410 e. The molecule has 0 spiro atoms. The van der Waals surface area contributed by atoms with Crippen molar-refractivity contribution >= 4 is 35.6 Å². The van der Waals surface area contributed by atoms with Crippen LogP contribution >= 0.6 is 0 Å². The number of likely N-dealkylation sites (N-methyl/N-ethyl adjacent to an activating group) is 1. The zero-order chi connectivity index (χ0) is 38.1. The van der Waals surface area contributed by atoms with E-state index in [-0.39, 0.29) is 41.7 Å². The monoisotopic (exact) mass is 702 g/mol. The van der Waals surface area contributed by atoms with Crippen molar-refractivity contribution < 1.29 is 33.5 Å². The Morgan fingerprint density at radius 1 is 0.960 bits per heavy atom. The van der Waals surface area contributed by atoms with Crippen molar-refractivity contribution in [1.82, 2.24) is 31.1 Å². The second-order valence-electron chi connectivity index (χ2n) is 18.3. The van der Waals surface area contributed by atoms with E-state index in [0.717, 1.165) is 0 Å². The van der Waals surface area contributed by atoms with Crippen molar-refractivity contribution in [3.63, 3.8) is 0 Å². The molecule has 1 heterocycles. The number of amides is 6. The van der Waals surface area contributed by atoms with Crippen LogP contribution in [0.25, 0.3) is 0 Å². The molecule has 0 aromatic carbocycles. The number of likely N-dealkylation sites (tertiary alicyclic amines) is 1. The number of hydrogen-bond donors (Lipinski definition) is 4. The first-order valence-electron chi connectivity index (χ1n) is 17.8. The summed E-state index contributed by atoms with van der Waals surface area (Å²) in [6.07, 6.45) is 2.93. The van der Waals surface area contributed by atoms with E-state index in [9.17, 15) is 28.8 Å². The number of nitrogens with one attached hydrogen (secondary N) is 4. The van der Waals surface area contributed by atoms with Gasteiger partial charge in [-0.25, -0.2) is 9.59 Å². The molecule has 13 nitrogen and oxygen atoms in total. The van der Waals surface area contributed by atoms with Crippen LogP contribution in [0.4, 0.5) is 9.59 Å². The van der Waals surface area contributed by atoms with Gasteiger partial charge in [-0.1, -0.05) is 61.5 Å². The van der Waals surface area contributed by atoms with Gasteiger partial charge in [0.15, 0.2) is 0 Å². The Hall–Kier alpha value is -3.64. The van der Waals surface area contributed by atoms with Gasteiger partial charge in [-0.3, -0.25) is 19.2 Å². The Labute approximate surface area is 298 Å². The SMILES string of the molecule is C=CCNC(=O)C(=O)C(NC(=O)[C@@H]1[C@@H]2[C@H](CN1C(=O)[C@@H](NC(=O)N[C@H](CN(C)C(=O)OC(C)(C)C)CC(C)(C)C)C(C)(C)C)C2(C)C)C1CC1. The Morgan fingerprint density at radius 2 is 1.56 bits per heavy atom. The number of rotatable bonds is 13. The Balaban J connectivity index is 1.80. The molecule has 2 aliphatic carbocycles. The van der Waals surface area contributed by atoms with Crippen LogP contribution in [-0.2, 0) is 23.9 Å². The van der Waals surface area contributed by atoms with Crippen LogP contribution < -0.4 is 21.3 Å². The summed E-state index contributed by atoms with van der Waals surface area (Å²) in [7, 11) is 1.62. The summed E-state index contributed by atoms with van der Waals surface area (Å²) < 4.78 is 5.50. The highest BCUT2D eigenvalue weighted by molar-refractivity contribution is 6.38. The zero-order valence-corrected chi connectivity index (χ0v) is 32.3. The average Bonchev–Trinajstić information content (AvgIpc) is 3.83. The molecular weight excluding hydrogens is 640 g/mol. The summed E-state index contributed by atoms with van der Waals surface area (Å²) >= 11 is 0. The molecule has 1 unspecified atom stereocenters. The van der Waals surface area contributed by atoms with Gasteiger partial charge in [-0.05, 0) is 74.0 Å². The van der Waals surface area contributed by atoms with Crippen LogP contribution in [0, 0.1) is 34.0 Å². The third-order valence-electron chi connectivity index (χ3n) is 9.85. The molecule has 50 heavy (non-hydrogen) atoms. The smallest absolute Gasteiger partial charge is 0.410 e. The lowest BCUT2D eigenvalue weighted by Gasteiger charge is -2.38. The second-order valence-corrected chi connectivity index (χ2v) is 18.3. The zero-order valence-electron chi connectivity index (χ0n) is 32.3. The van der Waals surface area contributed by atoms with Gasteiger partial charge in [-0.15, -0.1) is 6.58 Å². The van der Waals surface area contributed by atoms with E-state index in [1.807, 2.05) is 41.5 Å². The van der Waals surface area contributed by atoms with Gasteiger partial charge in [0.1, 0.15) is 23.7 Å². The van der Waals surface area contributed by atoms with E-state index in [2.05, 4.69) is 41.7 Å². The van der Waals surface area contributed by atoms with Gasteiger partial charge in [0.05, 0.1) is 0 Å². The molecule has 3 rings (SSSR count). The molecule has 6 amide bonds. The maximum absolute atomic E-state index is 14.4. The topological polar surface area (TPSA) is 166 Å². The van der Waals surface area contributed by atoms with Gasteiger partial charge in [0.25, 0.3) is 5.91 Å². The number of urea groups is 1. The Bertz CT molecular complexity index is 1340. The minimum Gasteiger partial charge on any atom is -0.444 e. The van der Waals surface area contributed by atoms with Gasteiger partial charge in [-0.2, -0.15) is 0 Å². The quantitative estimate of drug-likeness (QED) is 0.168. The highest BCUT2D eigenvalue weighted by Crippen LogP contribution is 2.65. The van der Waals surface area contributed by atoms with E-state index in [4.69, 9.17) is 4.74 Å². The van der Waals surface area contributed by atoms with Crippen LogP contribution in [0.3, 0.4) is 0 Å². The van der Waals surface area contributed by atoms with Crippen molar-refractivity contribution in [2.45, 2.75) is 125 Å². The minimum atomic E-state index is -0.997. The van der Waals surface area contributed by atoms with E-state index >= 15 is 0 Å². The fraction of sp³-hybridized carbons (Fsp3) is 0.784. The van der Waals surface area contributed by atoms with E-state index < -0.39 is 70.8 Å². The molecule has 0 aromatic heterocycles. The van der Waals surface area contributed by atoms with Crippen LogP contribution in [0.1, 0.15) is 95.4 Å². The Kier molecular flexibility index (Phi) is 12.2. The lowest BCUT2D eigenvalue weighted by Crippen LogP contribution is -2.62. The first-order valence-corrected chi connectivity index (χ1v) is 17.8. The number of ether oxygens (including phenoxy) is 1. The number of carbonyl (C=O) groups is 6. The fourth-order valence-electron chi connectivity index (χ4n) is 7.09. The average molecular weight is 703 g/mol. The first-order chi connectivity index (χ1) is 22.8. The number of ketones is 1. The summed E-state index contributed by atoms with van der Waals surface area (Å²) in [5.74, 6) is -2.56. The molecule has 0 aromatic rings. The van der Waals surface area contributed by atoms with E-state index in [0.29, 0.717) is 25.8 Å². The highest BCUT2D eigenvalue weighted by Gasteiger charge is 2.70. The maximum atomic E-state index is 14.4. The van der Waals surface area contributed by atoms with Crippen molar-refractivity contribution in [2.75, 3.05) is 26.7 Å². The van der Waals surface area contributed by atoms with Crippen LogP contribution in [0.5, 0.6) is 0 Å². The van der Waals surface area contributed by atoms with Crippen molar-refractivity contribution in [3.05, 3.63) is 12.7 Å². The molecule has 282 valence electrons. The molecule has 2 saturated carbocycles. The molecule has 3 fully saturated rings. The predicted molar refractivity (Wildman–Crippen MR) is 191 cm³/mol. The summed E-state index contributed by atoms with van der Waals surface area (Å²) in [6, 6.07) is -3.87. The van der Waals surface area contributed by atoms with Crippen molar-refractivity contribution in [1.29, 1.82) is 0 Å². The van der Waals surface area contributed by atoms with Crippen molar-refractivity contribution in [3.8, 4) is 0 Å². The van der Waals surface area contributed by atoms with Gasteiger partial charge in [0, 0.05) is 32.7 Å². The van der Waals surface area contributed by atoms with Gasteiger partial charge in [0.2, 0.25) is 17.6 Å². The van der Waals surface area contributed by atoms with E-state index in [1.165, 1.54) is 11.0 Å². The third-order valence-corrected chi connectivity index (χ3v) is 9.85. The lowest BCUT2D eigenvalue weighted by molar-refractivity contribution is -0.145. The normalized spacial score (nSPS) is 23.0. The number of carbonyl (C=O) groups excluding carboxylic acids is 6. The van der Waals surface area contributed by atoms with Gasteiger partial charge >= 0.3 is 12.1 Å². The fourth-order valence-corrected chi connectivity index (χ4v) is 7.09. The van der Waals surface area contributed by atoms with Crippen LogP contribution in [0.15, 0.2) is 12.7 Å². The summed E-state index contributed by atoms with van der Waals surface area (Å²) in [4.78, 5) is 83.4. The summed E-state index contributed by atoms with van der Waals surface area (Å²) in [5.41, 5.74) is -1.80.